The number of anilines is 1. The average Bonchev–Trinajstić information content (AvgIpc) is 2.29. The number of benzene rings is 1. The van der Waals surface area contributed by atoms with Gasteiger partial charge in [0.1, 0.15) is 0 Å². The molecule has 0 radical (unpaired) electrons. The van der Waals surface area contributed by atoms with Crippen LogP contribution in [0.3, 0.4) is 0 Å². The number of carbonyl (C=O) groups excluding carboxylic acids is 1. The van der Waals surface area contributed by atoms with E-state index in [0.717, 1.165) is 12.1 Å². The van der Waals surface area contributed by atoms with Crippen molar-refractivity contribution in [1.29, 1.82) is 0 Å². The fourth-order valence-electron chi connectivity index (χ4n) is 1.67. The van der Waals surface area contributed by atoms with Crippen molar-refractivity contribution in [1.82, 2.24) is 0 Å². The number of nitrogens with one attached hydrogen (secondary N) is 1. The van der Waals surface area contributed by atoms with Crippen LogP contribution >= 0.6 is 0 Å². The molecule has 0 aliphatic carbocycles. The van der Waals surface area contributed by atoms with Gasteiger partial charge in [-0.2, -0.15) is 0 Å². The zero-order valence-electron chi connectivity index (χ0n) is 10.9. The Morgan fingerprint density at radius 1 is 1.29 bits per heavy atom. The molecule has 0 bridgehead atoms. The van der Waals surface area contributed by atoms with Crippen LogP contribution in [0.15, 0.2) is 24.3 Å². The van der Waals surface area contributed by atoms with Crippen molar-refractivity contribution >= 4 is 11.6 Å². The molecule has 17 heavy (non-hydrogen) atoms. The average molecular weight is 234 g/mol. The lowest BCUT2D eigenvalue weighted by atomic mass is 10.0. The molecule has 3 heteroatoms. The molecule has 1 atom stereocenters. The maximum atomic E-state index is 11.8. The van der Waals surface area contributed by atoms with Crippen molar-refractivity contribution in [3.63, 3.8) is 0 Å². The molecule has 94 valence electrons. The Labute approximate surface area is 103 Å². The molecular weight excluding hydrogens is 212 g/mol. The Bertz CT molecular complexity index is 357. The summed E-state index contributed by atoms with van der Waals surface area (Å²) in [4.78, 5) is 11.8. The molecule has 3 nitrogen and oxygen atoms in total. The quantitative estimate of drug-likeness (QED) is 0.822. The normalized spacial score (nSPS) is 12.5. The minimum absolute atomic E-state index is 0.108. The molecular formula is C14H22N2O. The van der Waals surface area contributed by atoms with Crippen LogP contribution in [0.1, 0.15) is 32.8 Å². The Morgan fingerprint density at radius 2 is 1.88 bits per heavy atom. The van der Waals surface area contributed by atoms with Crippen LogP contribution in [-0.2, 0) is 11.2 Å². The van der Waals surface area contributed by atoms with Crippen LogP contribution in [0.4, 0.5) is 5.69 Å². The van der Waals surface area contributed by atoms with E-state index < -0.39 is 6.04 Å². The topological polar surface area (TPSA) is 55.1 Å². The first kappa shape index (κ1) is 13.7. The highest BCUT2D eigenvalue weighted by Crippen LogP contribution is 2.11. The summed E-state index contributed by atoms with van der Waals surface area (Å²) in [6.07, 6.45) is 1.71. The second-order valence-corrected chi connectivity index (χ2v) is 4.78. The van der Waals surface area contributed by atoms with E-state index in [9.17, 15) is 4.79 Å². The second-order valence-electron chi connectivity index (χ2n) is 4.78. The van der Waals surface area contributed by atoms with E-state index in [1.807, 2.05) is 24.3 Å². The Balaban J connectivity index is 2.55. The first-order valence-electron chi connectivity index (χ1n) is 6.18. The largest absolute Gasteiger partial charge is 0.325 e. The lowest BCUT2D eigenvalue weighted by Gasteiger charge is -2.14. The maximum Gasteiger partial charge on any atom is 0.241 e. The third kappa shape index (κ3) is 4.57. The molecule has 1 amide bonds. The predicted molar refractivity (Wildman–Crippen MR) is 71.9 cm³/mol. The zero-order valence-corrected chi connectivity index (χ0v) is 10.9. The van der Waals surface area contributed by atoms with Gasteiger partial charge in [0.05, 0.1) is 6.04 Å². The van der Waals surface area contributed by atoms with Gasteiger partial charge in [-0.15, -0.1) is 0 Å². The standard InChI is InChI=1S/C14H22N2O/c1-4-11-5-7-12(8-6-11)16-14(17)13(15)9-10(2)3/h5-8,10,13H,4,9,15H2,1-3H3,(H,16,17)/t13-/m1/s1. The Kier molecular flexibility index (Phi) is 5.16. The van der Waals surface area contributed by atoms with Crippen LogP contribution in [0, 0.1) is 5.92 Å². The van der Waals surface area contributed by atoms with E-state index in [4.69, 9.17) is 5.73 Å². The molecule has 0 saturated carbocycles. The van der Waals surface area contributed by atoms with E-state index in [0.29, 0.717) is 12.3 Å². The van der Waals surface area contributed by atoms with Crippen LogP contribution in [0.25, 0.3) is 0 Å². The van der Waals surface area contributed by atoms with Crippen molar-refractivity contribution in [3.05, 3.63) is 29.8 Å². The fourth-order valence-corrected chi connectivity index (χ4v) is 1.67. The summed E-state index contributed by atoms with van der Waals surface area (Å²) in [6, 6.07) is 7.44. The molecule has 0 fully saturated rings. The van der Waals surface area contributed by atoms with Crippen molar-refractivity contribution < 1.29 is 4.79 Å². The number of hydrogen-bond acceptors (Lipinski definition) is 2. The first-order chi connectivity index (χ1) is 8.02. The van der Waals surface area contributed by atoms with Gasteiger partial charge in [0.25, 0.3) is 0 Å². The molecule has 0 saturated heterocycles. The number of amides is 1. The summed E-state index contributed by atoms with van der Waals surface area (Å²) < 4.78 is 0. The lowest BCUT2D eigenvalue weighted by Crippen LogP contribution is -2.36. The summed E-state index contributed by atoms with van der Waals surface area (Å²) in [6.45, 7) is 6.22. The number of carbonyl (C=O) groups is 1. The summed E-state index contributed by atoms with van der Waals surface area (Å²) in [7, 11) is 0. The highest BCUT2D eigenvalue weighted by molar-refractivity contribution is 5.94. The van der Waals surface area contributed by atoms with Gasteiger partial charge in [0, 0.05) is 5.69 Å². The van der Waals surface area contributed by atoms with Gasteiger partial charge in [-0.05, 0) is 36.5 Å². The molecule has 0 spiro atoms. The third-order valence-electron chi connectivity index (χ3n) is 2.69. The van der Waals surface area contributed by atoms with Gasteiger partial charge in [-0.25, -0.2) is 0 Å². The summed E-state index contributed by atoms with van der Waals surface area (Å²) >= 11 is 0. The molecule has 0 heterocycles. The predicted octanol–water partition coefficient (Wildman–Crippen LogP) is 2.56. The monoisotopic (exact) mass is 234 g/mol. The Morgan fingerprint density at radius 3 is 2.35 bits per heavy atom. The smallest absolute Gasteiger partial charge is 0.241 e. The number of aryl methyl sites for hydroxylation is 1. The molecule has 3 N–H and O–H groups in total. The van der Waals surface area contributed by atoms with Crippen LogP contribution < -0.4 is 11.1 Å². The third-order valence-corrected chi connectivity index (χ3v) is 2.69. The van der Waals surface area contributed by atoms with E-state index >= 15 is 0 Å². The molecule has 0 unspecified atom stereocenters. The molecule has 1 rings (SSSR count). The second kappa shape index (κ2) is 6.40. The van der Waals surface area contributed by atoms with Gasteiger partial charge in [-0.3, -0.25) is 4.79 Å². The first-order valence-corrected chi connectivity index (χ1v) is 6.18. The van der Waals surface area contributed by atoms with Gasteiger partial charge in [-0.1, -0.05) is 32.9 Å². The van der Waals surface area contributed by atoms with Crippen molar-refractivity contribution in [3.8, 4) is 0 Å². The SMILES string of the molecule is CCc1ccc(NC(=O)[C@H](N)CC(C)C)cc1. The number of hydrogen-bond donors (Lipinski definition) is 2. The van der Waals surface area contributed by atoms with Gasteiger partial charge >= 0.3 is 0 Å². The minimum Gasteiger partial charge on any atom is -0.325 e. The van der Waals surface area contributed by atoms with Crippen LogP contribution in [0.2, 0.25) is 0 Å². The zero-order chi connectivity index (χ0) is 12.8. The highest BCUT2D eigenvalue weighted by Gasteiger charge is 2.14. The van der Waals surface area contributed by atoms with Crippen molar-refractivity contribution in [2.75, 3.05) is 5.32 Å². The van der Waals surface area contributed by atoms with Gasteiger partial charge in [0.2, 0.25) is 5.91 Å². The van der Waals surface area contributed by atoms with Crippen molar-refractivity contribution in [2.45, 2.75) is 39.7 Å². The van der Waals surface area contributed by atoms with Gasteiger partial charge in [0.15, 0.2) is 0 Å². The summed E-state index contributed by atoms with van der Waals surface area (Å²) in [5.41, 5.74) is 7.88. The van der Waals surface area contributed by atoms with E-state index in [1.165, 1.54) is 5.56 Å². The molecule has 1 aromatic carbocycles. The molecule has 0 aromatic heterocycles. The molecule has 1 aromatic rings. The fraction of sp³-hybridized carbons (Fsp3) is 0.500. The van der Waals surface area contributed by atoms with Crippen LogP contribution in [0.5, 0.6) is 0 Å². The summed E-state index contributed by atoms with van der Waals surface area (Å²) in [5.74, 6) is 0.321. The van der Waals surface area contributed by atoms with E-state index in [-0.39, 0.29) is 5.91 Å². The van der Waals surface area contributed by atoms with E-state index in [2.05, 4.69) is 26.1 Å². The number of rotatable bonds is 5. The van der Waals surface area contributed by atoms with Crippen LogP contribution in [-0.4, -0.2) is 11.9 Å². The molecule has 0 aliphatic heterocycles. The minimum atomic E-state index is -0.430. The van der Waals surface area contributed by atoms with E-state index in [1.54, 1.807) is 0 Å². The van der Waals surface area contributed by atoms with Crippen molar-refractivity contribution in [2.24, 2.45) is 11.7 Å². The number of nitrogens with two attached hydrogens (primary N) is 1. The molecule has 0 aliphatic rings. The lowest BCUT2D eigenvalue weighted by molar-refractivity contribution is -0.117. The summed E-state index contributed by atoms with van der Waals surface area (Å²) in [5, 5.41) is 2.83. The van der Waals surface area contributed by atoms with Gasteiger partial charge < -0.3 is 11.1 Å². The Hall–Kier alpha value is -1.35. The highest BCUT2D eigenvalue weighted by atomic mass is 16.2. The maximum absolute atomic E-state index is 11.8.